The summed E-state index contributed by atoms with van der Waals surface area (Å²) >= 11 is 0. The summed E-state index contributed by atoms with van der Waals surface area (Å²) in [6.45, 7) is 5.91. The lowest BCUT2D eigenvalue weighted by Crippen LogP contribution is -2.03. The van der Waals surface area contributed by atoms with Crippen molar-refractivity contribution in [3.05, 3.63) is 28.0 Å². The highest BCUT2D eigenvalue weighted by Gasteiger charge is 1.96. The van der Waals surface area contributed by atoms with Crippen LogP contribution >= 0.6 is 0 Å². The van der Waals surface area contributed by atoms with Gasteiger partial charge in [-0.05, 0) is 12.5 Å². The van der Waals surface area contributed by atoms with E-state index < -0.39 is 0 Å². The summed E-state index contributed by atoms with van der Waals surface area (Å²) in [6.07, 6.45) is 0.725. The second-order valence-electron chi connectivity index (χ2n) is 2.05. The first-order valence-corrected chi connectivity index (χ1v) is 4.15. The van der Waals surface area contributed by atoms with E-state index in [4.69, 9.17) is 5.11 Å². The molecule has 0 radical (unpaired) electrons. The molecule has 0 amide bonds. The van der Waals surface area contributed by atoms with E-state index in [0.29, 0.717) is 0 Å². The number of aromatic hydroxyl groups is 1. The Morgan fingerprint density at radius 1 is 1.42 bits per heavy atom. The first kappa shape index (κ1) is 10.8. The van der Waals surface area contributed by atoms with Gasteiger partial charge in [0.25, 0.3) is 5.56 Å². The van der Waals surface area contributed by atoms with Gasteiger partial charge >= 0.3 is 0 Å². The minimum absolute atomic E-state index is 0.0185. The van der Waals surface area contributed by atoms with Gasteiger partial charge in [-0.15, -0.1) is 0 Å². The Morgan fingerprint density at radius 2 is 2.00 bits per heavy atom. The maximum Gasteiger partial charge on any atom is 0.250 e. The third-order valence-corrected chi connectivity index (χ3v) is 1.36. The molecule has 0 aromatic carbocycles. The molecule has 0 saturated heterocycles. The van der Waals surface area contributed by atoms with Crippen molar-refractivity contribution in [1.82, 2.24) is 4.98 Å². The van der Waals surface area contributed by atoms with Crippen molar-refractivity contribution < 1.29 is 5.11 Å². The Bertz CT molecular complexity index is 278. The second kappa shape index (κ2) is 5.41. The van der Waals surface area contributed by atoms with E-state index in [1.165, 1.54) is 6.07 Å². The molecule has 0 spiro atoms. The summed E-state index contributed by atoms with van der Waals surface area (Å²) in [5.74, 6) is -0.0185. The van der Waals surface area contributed by atoms with Crippen molar-refractivity contribution in [3.8, 4) is 5.88 Å². The highest BCUT2D eigenvalue weighted by molar-refractivity contribution is 5.23. The topological polar surface area (TPSA) is 53.1 Å². The van der Waals surface area contributed by atoms with Crippen LogP contribution in [0.5, 0.6) is 5.88 Å². The van der Waals surface area contributed by atoms with Gasteiger partial charge in [0.15, 0.2) is 5.88 Å². The Balaban J connectivity index is 0.000000561. The minimum Gasteiger partial charge on any atom is -0.494 e. The molecule has 0 aliphatic heterocycles. The van der Waals surface area contributed by atoms with Crippen LogP contribution in [0.3, 0.4) is 0 Å². The zero-order valence-corrected chi connectivity index (χ0v) is 7.72. The van der Waals surface area contributed by atoms with E-state index in [0.717, 1.165) is 12.0 Å². The Hall–Kier alpha value is -1.25. The number of aryl methyl sites for hydroxylation is 1. The standard InChI is InChI=1S/C7H9NO2.C2H6/c1-2-5-3-4-6(9)8-7(5)10;1-2/h3-4H,2H2,1H3,(H2,8,9,10);1-2H3. The lowest BCUT2D eigenvalue weighted by Gasteiger charge is -1.96. The quantitative estimate of drug-likeness (QED) is 0.671. The lowest BCUT2D eigenvalue weighted by molar-refractivity contribution is 0.445. The molecule has 0 saturated carbocycles. The van der Waals surface area contributed by atoms with Gasteiger partial charge in [0.1, 0.15) is 0 Å². The van der Waals surface area contributed by atoms with Gasteiger partial charge in [0.05, 0.1) is 0 Å². The molecule has 0 atom stereocenters. The van der Waals surface area contributed by atoms with Crippen LogP contribution < -0.4 is 5.56 Å². The minimum atomic E-state index is -0.269. The van der Waals surface area contributed by atoms with Gasteiger partial charge in [-0.1, -0.05) is 20.8 Å². The Kier molecular flexibility index (Phi) is 4.84. The van der Waals surface area contributed by atoms with Crippen molar-refractivity contribution in [2.24, 2.45) is 0 Å². The van der Waals surface area contributed by atoms with Gasteiger partial charge in [0.2, 0.25) is 0 Å². The number of hydrogen-bond donors (Lipinski definition) is 2. The van der Waals surface area contributed by atoms with Crippen molar-refractivity contribution in [1.29, 1.82) is 0 Å². The molecule has 0 bridgehead atoms. The smallest absolute Gasteiger partial charge is 0.250 e. The van der Waals surface area contributed by atoms with Gasteiger partial charge < -0.3 is 5.11 Å². The third kappa shape index (κ3) is 2.78. The van der Waals surface area contributed by atoms with E-state index in [1.807, 2.05) is 20.8 Å². The number of hydrogen-bond acceptors (Lipinski definition) is 2. The molecule has 2 N–H and O–H groups in total. The maximum absolute atomic E-state index is 10.5. The molecule has 12 heavy (non-hydrogen) atoms. The van der Waals surface area contributed by atoms with E-state index in [9.17, 15) is 4.79 Å². The molecule has 0 fully saturated rings. The van der Waals surface area contributed by atoms with Crippen LogP contribution in [0.4, 0.5) is 0 Å². The van der Waals surface area contributed by atoms with Crippen LogP contribution in [0.1, 0.15) is 26.3 Å². The number of aromatic amines is 1. The third-order valence-electron chi connectivity index (χ3n) is 1.36. The van der Waals surface area contributed by atoms with Crippen LogP contribution in [0, 0.1) is 0 Å². The largest absolute Gasteiger partial charge is 0.494 e. The normalized spacial score (nSPS) is 8.58. The molecule has 0 aliphatic carbocycles. The molecule has 3 heteroatoms. The van der Waals surface area contributed by atoms with Crippen LogP contribution in [0.2, 0.25) is 0 Å². The van der Waals surface area contributed by atoms with E-state index in [-0.39, 0.29) is 11.4 Å². The van der Waals surface area contributed by atoms with Crippen LogP contribution in [-0.2, 0) is 6.42 Å². The summed E-state index contributed by atoms with van der Waals surface area (Å²) in [7, 11) is 0. The summed E-state index contributed by atoms with van der Waals surface area (Å²) in [5.41, 5.74) is 0.495. The first-order valence-electron chi connectivity index (χ1n) is 4.15. The molecule has 0 aliphatic rings. The summed E-state index contributed by atoms with van der Waals surface area (Å²) in [5, 5.41) is 9.04. The molecule has 3 nitrogen and oxygen atoms in total. The fourth-order valence-electron chi connectivity index (χ4n) is 0.779. The molecular weight excluding hydrogens is 154 g/mol. The predicted octanol–water partition coefficient (Wildman–Crippen LogP) is 1.67. The lowest BCUT2D eigenvalue weighted by atomic mass is 10.2. The van der Waals surface area contributed by atoms with Crippen molar-refractivity contribution >= 4 is 0 Å². The number of pyridine rings is 1. The predicted molar refractivity (Wildman–Crippen MR) is 49.5 cm³/mol. The SMILES string of the molecule is CC.CCc1ccc(=O)[nH]c1O. The number of nitrogens with one attached hydrogen (secondary N) is 1. The summed E-state index contributed by atoms with van der Waals surface area (Å²) < 4.78 is 0. The van der Waals surface area contributed by atoms with Gasteiger partial charge in [-0.25, -0.2) is 0 Å². The fourth-order valence-corrected chi connectivity index (χ4v) is 0.779. The summed E-state index contributed by atoms with van der Waals surface area (Å²) in [4.78, 5) is 12.8. The molecule has 1 rings (SSSR count). The Morgan fingerprint density at radius 3 is 2.42 bits per heavy atom. The van der Waals surface area contributed by atoms with Crippen LogP contribution in [0.25, 0.3) is 0 Å². The van der Waals surface area contributed by atoms with E-state index in [1.54, 1.807) is 6.07 Å². The van der Waals surface area contributed by atoms with Gasteiger partial charge in [-0.3, -0.25) is 9.78 Å². The van der Waals surface area contributed by atoms with E-state index in [2.05, 4.69) is 4.98 Å². The van der Waals surface area contributed by atoms with Gasteiger partial charge in [-0.2, -0.15) is 0 Å². The van der Waals surface area contributed by atoms with Crippen molar-refractivity contribution in [2.45, 2.75) is 27.2 Å². The average molecular weight is 169 g/mol. The molecule has 1 heterocycles. The highest BCUT2D eigenvalue weighted by atomic mass is 16.3. The number of rotatable bonds is 1. The first-order chi connectivity index (χ1) is 5.74. The molecule has 68 valence electrons. The van der Waals surface area contributed by atoms with Gasteiger partial charge in [0, 0.05) is 11.6 Å². The monoisotopic (exact) mass is 169 g/mol. The maximum atomic E-state index is 10.5. The second-order valence-corrected chi connectivity index (χ2v) is 2.05. The summed E-state index contributed by atoms with van der Waals surface area (Å²) in [6, 6.07) is 3.02. The molecule has 0 unspecified atom stereocenters. The number of aromatic nitrogens is 1. The molecule has 1 aromatic rings. The molecule has 1 aromatic heterocycles. The molecular formula is C9H15NO2. The number of H-pyrrole nitrogens is 1. The van der Waals surface area contributed by atoms with Crippen LogP contribution in [0.15, 0.2) is 16.9 Å². The Labute approximate surface area is 72.1 Å². The highest BCUT2D eigenvalue weighted by Crippen LogP contribution is 2.09. The fraction of sp³-hybridized carbons (Fsp3) is 0.444. The van der Waals surface area contributed by atoms with Crippen molar-refractivity contribution in [2.75, 3.05) is 0 Å². The zero-order valence-electron chi connectivity index (χ0n) is 7.72. The van der Waals surface area contributed by atoms with Crippen molar-refractivity contribution in [3.63, 3.8) is 0 Å². The average Bonchev–Trinajstić information content (AvgIpc) is 2.08. The zero-order chi connectivity index (χ0) is 9.56. The van der Waals surface area contributed by atoms with Crippen LogP contribution in [-0.4, -0.2) is 10.1 Å². The van der Waals surface area contributed by atoms with E-state index >= 15 is 0 Å².